The summed E-state index contributed by atoms with van der Waals surface area (Å²) in [7, 11) is 0. The van der Waals surface area contributed by atoms with E-state index in [9.17, 15) is 0 Å². The molecule has 1 heterocycles. The third kappa shape index (κ3) is 2.52. The predicted molar refractivity (Wildman–Crippen MR) is 62.3 cm³/mol. The van der Waals surface area contributed by atoms with Crippen LogP contribution >= 0.6 is 23.2 Å². The molecule has 0 aliphatic rings. The van der Waals surface area contributed by atoms with Crippen molar-refractivity contribution in [2.45, 2.75) is 11.8 Å². The summed E-state index contributed by atoms with van der Waals surface area (Å²) in [6.45, 7) is 0. The first-order valence-corrected chi connectivity index (χ1v) is 5.45. The standard InChI is InChI=1S/C11H10Cl2N2/c12-9-4-2-1-3-8(9)10(13)7-11-14-5-6-15-11/h1-6,10H,7H2,(H,14,15). The van der Waals surface area contributed by atoms with E-state index in [2.05, 4.69) is 9.97 Å². The van der Waals surface area contributed by atoms with E-state index in [1.165, 1.54) is 0 Å². The van der Waals surface area contributed by atoms with Crippen molar-refractivity contribution in [1.82, 2.24) is 9.97 Å². The van der Waals surface area contributed by atoms with Crippen LogP contribution in [-0.4, -0.2) is 9.97 Å². The second-order valence-electron chi connectivity index (χ2n) is 3.23. The Kier molecular flexibility index (Phi) is 3.29. The van der Waals surface area contributed by atoms with Gasteiger partial charge in [0.15, 0.2) is 0 Å². The molecule has 0 aliphatic heterocycles. The van der Waals surface area contributed by atoms with Crippen molar-refractivity contribution < 1.29 is 0 Å². The number of H-pyrrole nitrogens is 1. The molecule has 0 fully saturated rings. The Labute approximate surface area is 98.3 Å². The fourth-order valence-corrected chi connectivity index (χ4v) is 2.08. The molecule has 1 atom stereocenters. The Balaban J connectivity index is 2.15. The maximum atomic E-state index is 6.26. The van der Waals surface area contributed by atoms with E-state index < -0.39 is 0 Å². The van der Waals surface area contributed by atoms with Crippen LogP contribution in [0.25, 0.3) is 0 Å². The molecule has 0 bridgehead atoms. The van der Waals surface area contributed by atoms with E-state index in [1.54, 1.807) is 12.4 Å². The van der Waals surface area contributed by atoms with Crippen LogP contribution in [-0.2, 0) is 6.42 Å². The molecule has 0 saturated carbocycles. The summed E-state index contributed by atoms with van der Waals surface area (Å²) >= 11 is 12.3. The van der Waals surface area contributed by atoms with Crippen molar-refractivity contribution in [3.05, 3.63) is 53.1 Å². The minimum absolute atomic E-state index is 0.148. The van der Waals surface area contributed by atoms with Gasteiger partial charge in [-0.1, -0.05) is 29.8 Å². The number of benzene rings is 1. The maximum Gasteiger partial charge on any atom is 0.107 e. The molecule has 1 aromatic carbocycles. The average molecular weight is 241 g/mol. The fraction of sp³-hybridized carbons (Fsp3) is 0.182. The van der Waals surface area contributed by atoms with Crippen LogP contribution in [0.4, 0.5) is 0 Å². The topological polar surface area (TPSA) is 28.7 Å². The Morgan fingerprint density at radius 3 is 2.80 bits per heavy atom. The molecule has 1 unspecified atom stereocenters. The molecule has 78 valence electrons. The highest BCUT2D eigenvalue weighted by atomic mass is 35.5. The number of rotatable bonds is 3. The minimum atomic E-state index is -0.148. The van der Waals surface area contributed by atoms with Crippen LogP contribution in [0, 0.1) is 0 Å². The average Bonchev–Trinajstić information content (AvgIpc) is 2.71. The van der Waals surface area contributed by atoms with E-state index >= 15 is 0 Å². The minimum Gasteiger partial charge on any atom is -0.349 e. The van der Waals surface area contributed by atoms with E-state index in [4.69, 9.17) is 23.2 Å². The van der Waals surface area contributed by atoms with Gasteiger partial charge in [0.25, 0.3) is 0 Å². The first-order chi connectivity index (χ1) is 7.27. The summed E-state index contributed by atoms with van der Waals surface area (Å²) in [4.78, 5) is 7.15. The molecular weight excluding hydrogens is 231 g/mol. The molecule has 2 aromatic rings. The van der Waals surface area contributed by atoms with E-state index in [0.29, 0.717) is 11.4 Å². The van der Waals surface area contributed by atoms with Gasteiger partial charge in [-0.3, -0.25) is 0 Å². The van der Waals surface area contributed by atoms with Crippen LogP contribution in [0.5, 0.6) is 0 Å². The van der Waals surface area contributed by atoms with Gasteiger partial charge in [-0.05, 0) is 11.6 Å². The number of aromatic nitrogens is 2. The normalized spacial score (nSPS) is 12.7. The van der Waals surface area contributed by atoms with Crippen molar-refractivity contribution in [1.29, 1.82) is 0 Å². The second-order valence-corrected chi connectivity index (χ2v) is 4.16. The van der Waals surface area contributed by atoms with Gasteiger partial charge in [0, 0.05) is 23.8 Å². The molecule has 4 heteroatoms. The SMILES string of the molecule is Clc1ccccc1C(Cl)Cc1ncc[nH]1. The lowest BCUT2D eigenvalue weighted by atomic mass is 10.1. The lowest BCUT2D eigenvalue weighted by Crippen LogP contribution is -1.98. The highest BCUT2D eigenvalue weighted by molar-refractivity contribution is 6.32. The van der Waals surface area contributed by atoms with E-state index in [1.807, 2.05) is 24.3 Å². The summed E-state index contributed by atoms with van der Waals surface area (Å²) in [6.07, 6.45) is 4.15. The lowest BCUT2D eigenvalue weighted by Gasteiger charge is -2.09. The Bertz CT molecular complexity index is 426. The van der Waals surface area contributed by atoms with Crippen molar-refractivity contribution >= 4 is 23.2 Å². The fourth-order valence-electron chi connectivity index (χ4n) is 1.42. The monoisotopic (exact) mass is 240 g/mol. The summed E-state index contributed by atoms with van der Waals surface area (Å²) in [5.74, 6) is 0.870. The zero-order valence-electron chi connectivity index (χ0n) is 7.95. The quantitative estimate of drug-likeness (QED) is 0.817. The van der Waals surface area contributed by atoms with Gasteiger partial charge in [0.1, 0.15) is 5.82 Å². The van der Waals surface area contributed by atoms with Crippen molar-refractivity contribution in [3.63, 3.8) is 0 Å². The third-order valence-corrected chi connectivity index (χ3v) is 2.90. The van der Waals surface area contributed by atoms with E-state index in [-0.39, 0.29) is 5.38 Å². The van der Waals surface area contributed by atoms with Crippen LogP contribution in [0.1, 0.15) is 16.8 Å². The Hall–Kier alpha value is -0.990. The maximum absolute atomic E-state index is 6.26. The molecule has 0 saturated heterocycles. The number of hydrogen-bond donors (Lipinski definition) is 1. The molecule has 1 N–H and O–H groups in total. The first-order valence-electron chi connectivity index (χ1n) is 4.64. The number of halogens is 2. The van der Waals surface area contributed by atoms with Gasteiger partial charge in [-0.2, -0.15) is 0 Å². The smallest absolute Gasteiger partial charge is 0.107 e. The van der Waals surface area contributed by atoms with Gasteiger partial charge >= 0.3 is 0 Å². The lowest BCUT2D eigenvalue weighted by molar-refractivity contribution is 0.855. The molecule has 0 amide bonds. The highest BCUT2D eigenvalue weighted by Crippen LogP contribution is 2.29. The number of nitrogens with zero attached hydrogens (tertiary/aromatic N) is 1. The Morgan fingerprint density at radius 1 is 1.33 bits per heavy atom. The number of hydrogen-bond acceptors (Lipinski definition) is 1. The highest BCUT2D eigenvalue weighted by Gasteiger charge is 2.12. The molecule has 0 aliphatic carbocycles. The van der Waals surface area contributed by atoms with Crippen LogP contribution < -0.4 is 0 Å². The molecule has 2 rings (SSSR count). The van der Waals surface area contributed by atoms with Gasteiger partial charge < -0.3 is 4.98 Å². The van der Waals surface area contributed by atoms with Crippen molar-refractivity contribution in [2.75, 3.05) is 0 Å². The number of imidazole rings is 1. The number of nitrogens with one attached hydrogen (secondary N) is 1. The predicted octanol–water partition coefficient (Wildman–Crippen LogP) is 3.59. The largest absolute Gasteiger partial charge is 0.349 e. The van der Waals surface area contributed by atoms with Crippen molar-refractivity contribution in [2.24, 2.45) is 0 Å². The van der Waals surface area contributed by atoms with Gasteiger partial charge in [0.05, 0.1) is 5.38 Å². The van der Waals surface area contributed by atoms with Crippen LogP contribution in [0.3, 0.4) is 0 Å². The van der Waals surface area contributed by atoms with E-state index in [0.717, 1.165) is 11.4 Å². The molecule has 15 heavy (non-hydrogen) atoms. The van der Waals surface area contributed by atoms with Crippen molar-refractivity contribution in [3.8, 4) is 0 Å². The second kappa shape index (κ2) is 4.69. The third-order valence-electron chi connectivity index (χ3n) is 2.17. The molecule has 0 radical (unpaired) electrons. The summed E-state index contributed by atoms with van der Waals surface area (Å²) in [5, 5.41) is 0.550. The summed E-state index contributed by atoms with van der Waals surface area (Å²) in [6, 6.07) is 7.60. The van der Waals surface area contributed by atoms with Gasteiger partial charge in [0.2, 0.25) is 0 Å². The first kappa shape index (κ1) is 10.5. The number of alkyl halides is 1. The zero-order chi connectivity index (χ0) is 10.7. The van der Waals surface area contributed by atoms with Gasteiger partial charge in [-0.25, -0.2) is 4.98 Å². The molecule has 1 aromatic heterocycles. The summed E-state index contributed by atoms with van der Waals surface area (Å²) < 4.78 is 0. The zero-order valence-corrected chi connectivity index (χ0v) is 9.46. The Morgan fingerprint density at radius 2 is 2.13 bits per heavy atom. The molecular formula is C11H10Cl2N2. The molecule has 0 spiro atoms. The molecule has 2 nitrogen and oxygen atoms in total. The van der Waals surface area contributed by atoms with Gasteiger partial charge in [-0.15, -0.1) is 11.6 Å². The number of aromatic amines is 1. The summed E-state index contributed by atoms with van der Waals surface area (Å²) in [5.41, 5.74) is 0.942. The van der Waals surface area contributed by atoms with Crippen LogP contribution in [0.2, 0.25) is 5.02 Å². The van der Waals surface area contributed by atoms with Crippen LogP contribution in [0.15, 0.2) is 36.7 Å².